The molecule has 0 N–H and O–H groups in total. The lowest BCUT2D eigenvalue weighted by molar-refractivity contribution is 0.677. The molecule has 0 fully saturated rings. The van der Waals surface area contributed by atoms with Gasteiger partial charge in [-0.05, 0) is 62.6 Å². The van der Waals surface area contributed by atoms with E-state index in [1.54, 1.807) is 0 Å². The van der Waals surface area contributed by atoms with E-state index in [1.165, 1.54) is 22.3 Å². The van der Waals surface area contributed by atoms with Crippen LogP contribution in [0, 0.1) is 27.7 Å². The molecule has 32 heavy (non-hydrogen) atoms. The van der Waals surface area contributed by atoms with Crippen LogP contribution in [0.15, 0.2) is 88.5 Å². The number of hydrogen-bond acceptors (Lipinski definition) is 2. The first-order valence-corrected chi connectivity index (χ1v) is 10.9. The van der Waals surface area contributed by atoms with Crippen molar-refractivity contribution in [3.05, 3.63) is 101 Å². The molecule has 5 heteroatoms. The lowest BCUT2D eigenvalue weighted by Crippen LogP contribution is -2.25. The average molecular weight is 424 g/mol. The third kappa shape index (κ3) is 4.33. The molecule has 0 saturated heterocycles. The molecule has 0 spiro atoms. The second-order valence-corrected chi connectivity index (χ2v) is 8.18. The minimum Gasteiger partial charge on any atom is -0.316 e. The van der Waals surface area contributed by atoms with Crippen LogP contribution < -0.4 is 5.62 Å². The first-order valence-electron chi connectivity index (χ1n) is 10.9. The Bertz CT molecular complexity index is 1330. The maximum absolute atomic E-state index is 4.55. The molecule has 0 amide bonds. The Morgan fingerprint density at radius 2 is 1.53 bits per heavy atom. The van der Waals surface area contributed by atoms with Crippen molar-refractivity contribution in [3.8, 4) is 16.8 Å². The summed E-state index contributed by atoms with van der Waals surface area (Å²) in [6.07, 6.45) is 4.08. The van der Waals surface area contributed by atoms with Crippen molar-refractivity contribution in [1.82, 2.24) is 9.13 Å². The van der Waals surface area contributed by atoms with E-state index in [4.69, 9.17) is 0 Å². The number of aryl methyl sites for hydroxylation is 5. The lowest BCUT2D eigenvalue weighted by atomic mass is 10.0. The summed E-state index contributed by atoms with van der Waals surface area (Å²) in [7, 11) is 0. The second-order valence-electron chi connectivity index (χ2n) is 8.18. The van der Waals surface area contributed by atoms with Gasteiger partial charge in [-0.2, -0.15) is 0 Å². The van der Waals surface area contributed by atoms with Gasteiger partial charge in [-0.15, -0.1) is 5.11 Å². The summed E-state index contributed by atoms with van der Waals surface area (Å²) >= 11 is 0. The topological polar surface area (TPSA) is 46.9 Å². The molecule has 4 rings (SSSR count). The first kappa shape index (κ1) is 21.5. The lowest BCUT2D eigenvalue weighted by Gasteiger charge is -2.12. The van der Waals surface area contributed by atoms with Crippen molar-refractivity contribution in [3.63, 3.8) is 0 Å². The van der Waals surface area contributed by atoms with Crippen molar-refractivity contribution < 1.29 is 0 Å². The summed E-state index contributed by atoms with van der Waals surface area (Å²) in [5, 5.41) is 13.3. The molecule has 0 saturated carbocycles. The van der Waals surface area contributed by atoms with Crippen molar-refractivity contribution in [2.75, 3.05) is 0 Å². The van der Waals surface area contributed by atoms with Crippen LogP contribution in [0.4, 0.5) is 5.69 Å². The Balaban J connectivity index is 1.79. The van der Waals surface area contributed by atoms with E-state index in [2.05, 4.69) is 102 Å². The van der Waals surface area contributed by atoms with Gasteiger partial charge in [0.2, 0.25) is 5.62 Å². The van der Waals surface area contributed by atoms with Gasteiger partial charge in [-0.1, -0.05) is 70.8 Å². The van der Waals surface area contributed by atoms with Crippen LogP contribution in [-0.4, -0.2) is 9.13 Å². The molecular formula is C27H29N5. The van der Waals surface area contributed by atoms with Gasteiger partial charge in [0.1, 0.15) is 0 Å². The predicted molar refractivity (Wildman–Crippen MR) is 130 cm³/mol. The molecule has 0 unspecified atom stereocenters. The molecule has 5 nitrogen and oxygen atoms in total. The van der Waals surface area contributed by atoms with Gasteiger partial charge in [0.15, 0.2) is 0 Å². The molecule has 0 aliphatic heterocycles. The fourth-order valence-corrected chi connectivity index (χ4v) is 4.23. The Morgan fingerprint density at radius 3 is 2.25 bits per heavy atom. The maximum Gasteiger partial charge on any atom is 0.236 e. The third-order valence-corrected chi connectivity index (χ3v) is 5.60. The highest BCUT2D eigenvalue weighted by Crippen LogP contribution is 2.30. The predicted octanol–water partition coefficient (Wildman–Crippen LogP) is 6.80. The van der Waals surface area contributed by atoms with Crippen molar-refractivity contribution in [2.45, 2.75) is 41.2 Å². The minimum atomic E-state index is 0.749. The van der Waals surface area contributed by atoms with Crippen LogP contribution in [0.1, 0.15) is 29.2 Å². The summed E-state index contributed by atoms with van der Waals surface area (Å²) in [5.74, 6) is 0. The van der Waals surface area contributed by atoms with Crippen LogP contribution in [0.25, 0.3) is 16.8 Å². The second kappa shape index (κ2) is 9.18. The minimum absolute atomic E-state index is 0.749. The highest BCUT2D eigenvalue weighted by Gasteiger charge is 2.10. The number of hydrogen-bond donors (Lipinski definition) is 0. The Kier molecular flexibility index (Phi) is 6.17. The van der Waals surface area contributed by atoms with Crippen LogP contribution >= 0.6 is 0 Å². The van der Waals surface area contributed by atoms with Crippen molar-refractivity contribution >= 4 is 5.69 Å². The highest BCUT2D eigenvalue weighted by atomic mass is 15.4. The summed E-state index contributed by atoms with van der Waals surface area (Å²) in [6, 6.07) is 20.8. The van der Waals surface area contributed by atoms with E-state index < -0.39 is 0 Å². The number of aromatic nitrogens is 2. The van der Waals surface area contributed by atoms with Gasteiger partial charge in [-0.25, -0.2) is 0 Å². The van der Waals surface area contributed by atoms with Crippen molar-refractivity contribution in [2.24, 2.45) is 15.4 Å². The van der Waals surface area contributed by atoms with Gasteiger partial charge < -0.3 is 4.57 Å². The Labute approximate surface area is 189 Å². The van der Waals surface area contributed by atoms with E-state index in [0.717, 1.165) is 34.7 Å². The van der Waals surface area contributed by atoms with Gasteiger partial charge in [-0.3, -0.25) is 4.57 Å². The number of benzene rings is 3. The van der Waals surface area contributed by atoms with E-state index in [9.17, 15) is 0 Å². The van der Waals surface area contributed by atoms with Gasteiger partial charge in [0.25, 0.3) is 0 Å². The van der Waals surface area contributed by atoms with Gasteiger partial charge in [0, 0.05) is 24.5 Å². The summed E-state index contributed by atoms with van der Waals surface area (Å²) in [6.45, 7) is 11.4. The number of imidazole rings is 1. The van der Waals surface area contributed by atoms with Gasteiger partial charge in [0.05, 0.1) is 11.4 Å². The Hall–Kier alpha value is -3.73. The fraction of sp³-hybridized carbons (Fsp3) is 0.222. The van der Waals surface area contributed by atoms with Crippen LogP contribution in [0.3, 0.4) is 0 Å². The molecule has 0 atom stereocenters. The molecule has 0 aliphatic rings. The zero-order valence-corrected chi connectivity index (χ0v) is 19.4. The Morgan fingerprint density at radius 1 is 0.781 bits per heavy atom. The van der Waals surface area contributed by atoms with Crippen LogP contribution in [-0.2, 0) is 6.54 Å². The molecule has 0 bridgehead atoms. The highest BCUT2D eigenvalue weighted by molar-refractivity contribution is 5.75. The van der Waals surface area contributed by atoms with Crippen LogP contribution in [0.5, 0.6) is 0 Å². The molecule has 0 radical (unpaired) electrons. The number of nitrogens with zero attached hydrogens (tertiary/aromatic N) is 5. The molecule has 162 valence electrons. The smallest absolute Gasteiger partial charge is 0.236 e. The van der Waals surface area contributed by atoms with E-state index in [0.29, 0.717) is 0 Å². The fourth-order valence-electron chi connectivity index (χ4n) is 4.23. The summed E-state index contributed by atoms with van der Waals surface area (Å²) in [5.41, 5.74) is 9.73. The van der Waals surface area contributed by atoms with Gasteiger partial charge >= 0.3 is 0 Å². The van der Waals surface area contributed by atoms with Crippen LogP contribution in [0.2, 0.25) is 0 Å². The van der Waals surface area contributed by atoms with E-state index >= 15 is 0 Å². The normalized spacial score (nSPS) is 12.1. The molecule has 1 aromatic heterocycles. The summed E-state index contributed by atoms with van der Waals surface area (Å²) in [4.78, 5) is 0. The van der Waals surface area contributed by atoms with Crippen molar-refractivity contribution in [1.29, 1.82) is 0 Å². The number of rotatable bonds is 5. The largest absolute Gasteiger partial charge is 0.316 e. The monoisotopic (exact) mass is 423 g/mol. The molecule has 4 aromatic rings. The van der Waals surface area contributed by atoms with E-state index in [-0.39, 0.29) is 0 Å². The zero-order valence-electron chi connectivity index (χ0n) is 19.4. The molecule has 3 aromatic carbocycles. The molecule has 0 aliphatic carbocycles. The molecular weight excluding hydrogens is 394 g/mol. The SMILES string of the molecule is CCn1ccn(-c2c(C)cc(C)cc2C)/c1=N/N=Nc1ccccc1-c1cccc(C)c1. The third-order valence-electron chi connectivity index (χ3n) is 5.60. The zero-order chi connectivity index (χ0) is 22.7. The van der Waals surface area contributed by atoms with E-state index in [1.807, 2.05) is 30.6 Å². The summed E-state index contributed by atoms with van der Waals surface area (Å²) < 4.78 is 4.17. The quantitative estimate of drug-likeness (QED) is 0.250. The maximum atomic E-state index is 4.55. The molecule has 1 heterocycles. The first-order chi connectivity index (χ1) is 15.5. The standard InChI is InChI=1S/C27H29N5/c1-6-31-14-15-32(26-21(4)16-20(3)17-22(26)5)27(31)29-30-28-25-13-8-7-12-24(25)23-11-9-10-19(2)18-23/h7-18H,6H2,1-5H3/b29-27+,30-28?. The average Bonchev–Trinajstić information content (AvgIpc) is 3.16.